The molecule has 2 aromatic rings. The van der Waals surface area contributed by atoms with Gasteiger partial charge < -0.3 is 0 Å². The van der Waals surface area contributed by atoms with Crippen LogP contribution in [0.2, 0.25) is 0 Å². The molecule has 0 aliphatic heterocycles. The summed E-state index contributed by atoms with van der Waals surface area (Å²) in [6.45, 7) is 1.38. The summed E-state index contributed by atoms with van der Waals surface area (Å²) in [4.78, 5) is 22.5. The summed E-state index contributed by atoms with van der Waals surface area (Å²) in [7, 11) is 1.37. The van der Waals surface area contributed by atoms with E-state index in [2.05, 4.69) is 0 Å². The molecule has 0 saturated carbocycles. The third-order valence-corrected chi connectivity index (χ3v) is 5.11. The molecule has 0 fully saturated rings. The minimum atomic E-state index is -0.461. The van der Waals surface area contributed by atoms with Crippen LogP contribution in [0.5, 0.6) is 5.75 Å². The molecule has 0 unspecified atom stereocenters. The Kier molecular flexibility index (Phi) is 5.32. The number of ether oxygens (including phenoxy) is 2. The molecule has 0 aromatic heterocycles. The summed E-state index contributed by atoms with van der Waals surface area (Å²) in [6.07, 6.45) is 0. The van der Waals surface area contributed by atoms with Crippen molar-refractivity contribution < 1.29 is 40.3 Å². The van der Waals surface area contributed by atoms with Gasteiger partial charge in [-0.15, -0.1) is 0 Å². The second kappa shape index (κ2) is 7.21. The van der Waals surface area contributed by atoms with Crippen LogP contribution in [-0.2, 0) is 9.53 Å². The number of esters is 2. The maximum absolute atomic E-state index is 11.5. The number of carbonyl (C=O) groups excluding carboxylic acids is 2. The Balaban J connectivity index is 2.18. The molecule has 2 aromatic carbocycles. The molecular formula is C16H14IO4-. The van der Waals surface area contributed by atoms with E-state index in [4.69, 9.17) is 9.47 Å². The first-order valence-corrected chi connectivity index (χ1v) is 8.36. The van der Waals surface area contributed by atoms with Gasteiger partial charge in [-0.2, -0.15) is 0 Å². The van der Waals surface area contributed by atoms with E-state index in [1.165, 1.54) is 14.0 Å². The molecule has 2 rings (SSSR count). The third kappa shape index (κ3) is 4.56. The summed E-state index contributed by atoms with van der Waals surface area (Å²) in [6, 6.07) is 14.9. The van der Waals surface area contributed by atoms with E-state index in [0.29, 0.717) is 11.3 Å². The average Bonchev–Trinajstić information content (AvgIpc) is 2.46. The number of hydrogen-bond donors (Lipinski definition) is 0. The van der Waals surface area contributed by atoms with Gasteiger partial charge >= 0.3 is 133 Å². The zero-order valence-electron chi connectivity index (χ0n) is 11.6. The molecule has 0 heterocycles. The SMILES string of the molecule is COC(=O)c1cccc([I-]c2cccc(OC(C)=O)c2)c1. The Hall–Kier alpha value is -1.89. The molecule has 0 amide bonds. The third-order valence-electron chi connectivity index (χ3n) is 2.52. The van der Waals surface area contributed by atoms with Crippen molar-refractivity contribution in [1.29, 1.82) is 0 Å². The number of halogens is 1. The number of hydrogen-bond acceptors (Lipinski definition) is 4. The Morgan fingerprint density at radius 3 is 2.33 bits per heavy atom. The number of carbonyl (C=O) groups is 2. The zero-order chi connectivity index (χ0) is 15.2. The average molecular weight is 397 g/mol. The molecule has 0 atom stereocenters. The molecule has 21 heavy (non-hydrogen) atoms. The Morgan fingerprint density at radius 2 is 1.67 bits per heavy atom. The molecule has 0 aliphatic rings. The maximum atomic E-state index is 11.5. The molecule has 4 nitrogen and oxygen atoms in total. The monoisotopic (exact) mass is 397 g/mol. The van der Waals surface area contributed by atoms with Gasteiger partial charge in [-0.3, -0.25) is 0 Å². The van der Waals surface area contributed by atoms with Gasteiger partial charge in [0.05, 0.1) is 0 Å². The van der Waals surface area contributed by atoms with E-state index < -0.39 is 21.2 Å². The van der Waals surface area contributed by atoms with E-state index >= 15 is 0 Å². The summed E-state index contributed by atoms with van der Waals surface area (Å²) in [5.74, 6) is -0.128. The molecular weight excluding hydrogens is 383 g/mol. The van der Waals surface area contributed by atoms with Gasteiger partial charge in [0.25, 0.3) is 0 Å². The van der Waals surface area contributed by atoms with Crippen LogP contribution in [-0.4, -0.2) is 19.0 Å². The van der Waals surface area contributed by atoms with Gasteiger partial charge in [0.15, 0.2) is 0 Å². The summed E-state index contributed by atoms with van der Waals surface area (Å²) in [5.41, 5.74) is 0.547. The fourth-order valence-corrected chi connectivity index (χ4v) is 4.12. The van der Waals surface area contributed by atoms with Gasteiger partial charge in [-0.25, -0.2) is 0 Å². The van der Waals surface area contributed by atoms with Gasteiger partial charge in [-0.1, -0.05) is 0 Å². The Labute approximate surface area is 133 Å². The van der Waals surface area contributed by atoms with Gasteiger partial charge in [-0.05, 0) is 0 Å². The van der Waals surface area contributed by atoms with Gasteiger partial charge in [0.1, 0.15) is 0 Å². The van der Waals surface area contributed by atoms with E-state index in [1.54, 1.807) is 12.1 Å². The first kappa shape index (κ1) is 15.5. The predicted molar refractivity (Wildman–Crippen MR) is 72.9 cm³/mol. The molecule has 0 saturated heterocycles. The van der Waals surface area contributed by atoms with Crippen LogP contribution in [0.3, 0.4) is 0 Å². The standard InChI is InChI=1S/C16H14IO4/c1-11(18)21-15-8-4-7-14(10-15)17-13-6-3-5-12(9-13)16(19)20-2/h3-10H,1-2H3/q-1. The Morgan fingerprint density at radius 1 is 1.00 bits per heavy atom. The minimum absolute atomic E-state index is 0.335. The number of rotatable bonds is 4. The van der Waals surface area contributed by atoms with Crippen molar-refractivity contribution in [3.05, 3.63) is 61.2 Å². The molecule has 0 aliphatic carbocycles. The van der Waals surface area contributed by atoms with Crippen molar-refractivity contribution >= 4 is 11.9 Å². The predicted octanol–water partition coefficient (Wildman–Crippen LogP) is -0.473. The zero-order valence-corrected chi connectivity index (χ0v) is 13.8. The van der Waals surface area contributed by atoms with E-state index in [1.807, 2.05) is 36.4 Å². The van der Waals surface area contributed by atoms with E-state index in [9.17, 15) is 9.59 Å². The van der Waals surface area contributed by atoms with Crippen molar-refractivity contribution in [2.75, 3.05) is 7.11 Å². The van der Waals surface area contributed by atoms with Crippen molar-refractivity contribution in [3.63, 3.8) is 0 Å². The van der Waals surface area contributed by atoms with Crippen LogP contribution in [0.25, 0.3) is 0 Å². The molecule has 110 valence electrons. The first-order chi connectivity index (χ1) is 10.1. The molecule has 0 bridgehead atoms. The Bertz CT molecular complexity index is 667. The molecule has 0 N–H and O–H groups in total. The van der Waals surface area contributed by atoms with Crippen molar-refractivity contribution in [1.82, 2.24) is 0 Å². The molecule has 5 heteroatoms. The summed E-state index contributed by atoms with van der Waals surface area (Å²) in [5, 5.41) is 0. The van der Waals surface area contributed by atoms with Crippen LogP contribution < -0.4 is 25.9 Å². The summed E-state index contributed by atoms with van der Waals surface area (Å²) >= 11 is -0.461. The second-order valence-corrected chi connectivity index (χ2v) is 7.18. The van der Waals surface area contributed by atoms with E-state index in [0.717, 1.165) is 7.14 Å². The fourth-order valence-electron chi connectivity index (χ4n) is 1.67. The van der Waals surface area contributed by atoms with Crippen LogP contribution in [0.4, 0.5) is 0 Å². The van der Waals surface area contributed by atoms with Crippen LogP contribution in [0, 0.1) is 7.14 Å². The van der Waals surface area contributed by atoms with Crippen LogP contribution in [0.15, 0.2) is 48.5 Å². The number of benzene rings is 2. The second-order valence-electron chi connectivity index (χ2n) is 4.15. The quantitative estimate of drug-likeness (QED) is 0.398. The van der Waals surface area contributed by atoms with Gasteiger partial charge in [0, 0.05) is 0 Å². The molecule has 0 radical (unpaired) electrons. The first-order valence-electron chi connectivity index (χ1n) is 6.20. The van der Waals surface area contributed by atoms with Crippen molar-refractivity contribution in [2.24, 2.45) is 0 Å². The topological polar surface area (TPSA) is 52.6 Å². The van der Waals surface area contributed by atoms with Crippen LogP contribution >= 0.6 is 0 Å². The fraction of sp³-hybridized carbons (Fsp3) is 0.125. The van der Waals surface area contributed by atoms with Crippen molar-refractivity contribution in [3.8, 4) is 5.75 Å². The normalized spacial score (nSPS) is 10.2. The number of methoxy groups -OCH3 is 1. The van der Waals surface area contributed by atoms with Crippen molar-refractivity contribution in [2.45, 2.75) is 6.92 Å². The van der Waals surface area contributed by atoms with E-state index in [-0.39, 0.29) is 11.9 Å². The van der Waals surface area contributed by atoms with Gasteiger partial charge in [0.2, 0.25) is 0 Å². The van der Waals surface area contributed by atoms with Crippen LogP contribution in [0.1, 0.15) is 17.3 Å². The summed E-state index contributed by atoms with van der Waals surface area (Å²) < 4.78 is 12.0. The molecule has 0 spiro atoms.